The van der Waals surface area contributed by atoms with Gasteiger partial charge in [-0.25, -0.2) is 4.98 Å². The van der Waals surface area contributed by atoms with E-state index in [1.165, 1.54) is 4.90 Å². The predicted octanol–water partition coefficient (Wildman–Crippen LogP) is 7.02. The molecule has 2 heterocycles. The van der Waals surface area contributed by atoms with Gasteiger partial charge in [-0.05, 0) is 66.8 Å². The standard InChI is InChI=1S/C51H59ClN6O8S/c1-30(32-12-14-33(15-13-32)42-31(2)54-29-67-42)55-45(62)40-24-36(59)27-58(40)46(63)43(49(3,4)5)56-41(60)28-64-22-10-11-23-65-37-19-16-34(17-20-37)44(61)57-47-50(6,7)48(51(47,8)9)66-38-21-18-35(26-53)39(52)25-38/h12-21,25,29-30,36,40,43,47-48,59H,22-24,27-28H2,1-9H3,(H,55,62)(H,56,60)(H,57,61)/t30-,36+,40-,43+,47-,48-/m0/s1. The quantitative estimate of drug-likeness (QED) is 0.0711. The molecule has 4 atom stereocenters. The fourth-order valence-electron chi connectivity index (χ4n) is 9.15. The highest BCUT2D eigenvalue weighted by Gasteiger charge is 2.64. The van der Waals surface area contributed by atoms with Crippen molar-refractivity contribution in [1.82, 2.24) is 25.8 Å². The molecule has 0 radical (unpaired) electrons. The Balaban J connectivity index is 0.931. The maximum atomic E-state index is 14.0. The van der Waals surface area contributed by atoms with Gasteiger partial charge in [0.1, 0.15) is 55.6 Å². The number of carbonyl (C=O) groups is 4. The Labute approximate surface area is 401 Å². The van der Waals surface area contributed by atoms with Crippen molar-refractivity contribution in [3.05, 3.63) is 99.6 Å². The van der Waals surface area contributed by atoms with E-state index in [0.717, 1.165) is 21.7 Å². The molecule has 1 saturated heterocycles. The molecule has 4 N–H and O–H groups in total. The number of likely N-dealkylation sites (tertiary alicyclic amines) is 1. The van der Waals surface area contributed by atoms with Gasteiger partial charge in [-0.15, -0.1) is 11.3 Å². The molecule has 4 aromatic rings. The fourth-order valence-corrected chi connectivity index (χ4v) is 10.2. The number of aliphatic hydroxyl groups excluding tert-OH is 1. The molecule has 1 aliphatic carbocycles. The first-order valence-corrected chi connectivity index (χ1v) is 23.4. The van der Waals surface area contributed by atoms with Crippen molar-refractivity contribution in [1.29, 1.82) is 5.26 Å². The van der Waals surface area contributed by atoms with Crippen molar-refractivity contribution in [3.8, 4) is 39.8 Å². The lowest BCUT2D eigenvalue weighted by atomic mass is 9.49. The molecule has 6 rings (SSSR count). The van der Waals surface area contributed by atoms with Crippen LogP contribution >= 0.6 is 22.9 Å². The van der Waals surface area contributed by atoms with Crippen molar-refractivity contribution in [2.24, 2.45) is 16.2 Å². The van der Waals surface area contributed by atoms with Crippen molar-refractivity contribution in [3.63, 3.8) is 0 Å². The van der Waals surface area contributed by atoms with Crippen LogP contribution in [0.4, 0.5) is 0 Å². The van der Waals surface area contributed by atoms with E-state index in [1.54, 1.807) is 53.8 Å². The normalized spacial score (nSPS) is 20.2. The third kappa shape index (κ3) is 11.8. The second kappa shape index (κ2) is 20.9. The molecule has 354 valence electrons. The molecule has 0 bridgehead atoms. The van der Waals surface area contributed by atoms with Gasteiger partial charge in [0.25, 0.3) is 5.91 Å². The number of carbonyl (C=O) groups excluding carboxylic acids is 4. The first kappa shape index (κ1) is 50.4. The second-order valence-corrected chi connectivity index (χ2v) is 20.6. The number of ether oxygens (including phenoxy) is 3. The summed E-state index contributed by atoms with van der Waals surface area (Å²) in [7, 11) is 0. The zero-order valence-corrected chi connectivity index (χ0v) is 40.9. The summed E-state index contributed by atoms with van der Waals surface area (Å²) < 4.78 is 17.6. The van der Waals surface area contributed by atoms with Crippen LogP contribution in [0.2, 0.25) is 5.02 Å². The van der Waals surface area contributed by atoms with E-state index in [1.807, 2.05) is 98.2 Å². The summed E-state index contributed by atoms with van der Waals surface area (Å²) in [4.78, 5) is 60.8. The lowest BCUT2D eigenvalue weighted by Crippen LogP contribution is -2.74. The van der Waals surface area contributed by atoms with Gasteiger partial charge in [-0.3, -0.25) is 19.2 Å². The fraction of sp³-hybridized carbons (Fsp3) is 0.451. The van der Waals surface area contributed by atoms with E-state index in [4.69, 9.17) is 25.8 Å². The third-order valence-corrected chi connectivity index (χ3v) is 13.7. The molecule has 2 fully saturated rings. The molecule has 1 saturated carbocycles. The van der Waals surface area contributed by atoms with Crippen LogP contribution in [0.1, 0.15) is 95.0 Å². The van der Waals surface area contributed by atoms with Crippen LogP contribution < -0.4 is 25.4 Å². The van der Waals surface area contributed by atoms with Crippen molar-refractivity contribution in [2.45, 2.75) is 105 Å². The molecule has 2 aliphatic rings. The minimum atomic E-state index is -1.01. The summed E-state index contributed by atoms with van der Waals surface area (Å²) in [5.41, 5.74) is 3.96. The molecule has 67 heavy (non-hydrogen) atoms. The number of β-amino-alcohol motifs (C(OH)–C–C–N with tert-alkyl or cyclic N) is 1. The zero-order chi connectivity index (χ0) is 48.8. The van der Waals surface area contributed by atoms with Crippen LogP contribution in [0.25, 0.3) is 10.4 Å². The third-order valence-electron chi connectivity index (χ3n) is 12.4. The predicted molar refractivity (Wildman–Crippen MR) is 256 cm³/mol. The number of nitriles is 1. The Morgan fingerprint density at radius 1 is 0.970 bits per heavy atom. The lowest BCUT2D eigenvalue weighted by Gasteiger charge is -2.63. The number of halogens is 1. The van der Waals surface area contributed by atoms with E-state index < -0.39 is 52.2 Å². The topological polar surface area (TPSA) is 192 Å². The number of aryl methyl sites for hydroxylation is 1. The maximum absolute atomic E-state index is 14.0. The largest absolute Gasteiger partial charge is 0.489 e. The molecular weight excluding hydrogens is 892 g/mol. The Bertz CT molecular complexity index is 2540. The van der Waals surface area contributed by atoms with Gasteiger partial charge >= 0.3 is 0 Å². The van der Waals surface area contributed by atoms with Crippen LogP contribution in [0.15, 0.2) is 72.2 Å². The van der Waals surface area contributed by atoms with E-state index >= 15 is 0 Å². The van der Waals surface area contributed by atoms with Crippen molar-refractivity contribution >= 4 is 46.6 Å². The molecular formula is C51H59ClN6O8S. The van der Waals surface area contributed by atoms with Crippen LogP contribution in [0.3, 0.4) is 0 Å². The number of thiazole rings is 1. The van der Waals surface area contributed by atoms with E-state index in [2.05, 4.69) is 32.8 Å². The monoisotopic (exact) mass is 950 g/mol. The smallest absolute Gasteiger partial charge is 0.251 e. The molecule has 16 heteroatoms. The summed E-state index contributed by atoms with van der Waals surface area (Å²) in [6.07, 6.45) is -1.06. The number of rotatable bonds is 15. The molecule has 0 unspecified atom stereocenters. The number of nitrogens with one attached hydrogen (secondary N) is 3. The minimum Gasteiger partial charge on any atom is -0.489 e. The Hall–Kier alpha value is -5.97. The first-order valence-electron chi connectivity index (χ1n) is 22.1. The Morgan fingerprint density at radius 3 is 2.24 bits per heavy atom. The number of aliphatic hydroxyl groups is 1. The summed E-state index contributed by atoms with van der Waals surface area (Å²) in [6.45, 7) is 17.0. The summed E-state index contributed by atoms with van der Waals surface area (Å²) >= 11 is 7.79. The van der Waals surface area contributed by atoms with Gasteiger partial charge in [0.05, 0.1) is 38.8 Å². The van der Waals surface area contributed by atoms with Crippen LogP contribution in [-0.2, 0) is 19.1 Å². The van der Waals surface area contributed by atoms with Gasteiger partial charge in [-0.1, -0.05) is 96.2 Å². The molecule has 3 aromatic carbocycles. The van der Waals surface area contributed by atoms with Gasteiger partial charge in [-0.2, -0.15) is 5.26 Å². The highest BCUT2D eigenvalue weighted by atomic mass is 35.5. The number of hydrogen-bond donors (Lipinski definition) is 4. The summed E-state index contributed by atoms with van der Waals surface area (Å²) in [6, 6.07) is 19.1. The highest BCUT2D eigenvalue weighted by molar-refractivity contribution is 7.13. The van der Waals surface area contributed by atoms with E-state index in [9.17, 15) is 29.5 Å². The maximum Gasteiger partial charge on any atom is 0.251 e. The number of amides is 4. The molecule has 1 aliphatic heterocycles. The summed E-state index contributed by atoms with van der Waals surface area (Å²) in [5, 5.41) is 29.1. The molecule has 14 nitrogen and oxygen atoms in total. The van der Waals surface area contributed by atoms with Crippen molar-refractivity contribution < 1.29 is 38.5 Å². The molecule has 1 aromatic heterocycles. The van der Waals surface area contributed by atoms with Crippen LogP contribution in [0, 0.1) is 46.3 Å². The van der Waals surface area contributed by atoms with Crippen LogP contribution in [0.5, 0.6) is 11.5 Å². The lowest BCUT2D eigenvalue weighted by molar-refractivity contribution is -0.164. The van der Waals surface area contributed by atoms with E-state index in [-0.39, 0.29) is 56.9 Å². The average molecular weight is 952 g/mol. The zero-order valence-electron chi connectivity index (χ0n) is 39.4. The minimum absolute atomic E-state index is 0.0344. The van der Waals surface area contributed by atoms with Crippen LogP contribution in [-0.4, -0.2) is 95.3 Å². The number of benzene rings is 3. The number of hydrogen-bond acceptors (Lipinski definition) is 11. The first-order chi connectivity index (χ1) is 31.6. The van der Waals surface area contributed by atoms with Gasteiger partial charge in [0.2, 0.25) is 17.7 Å². The highest BCUT2D eigenvalue weighted by Crippen LogP contribution is 2.55. The van der Waals surface area contributed by atoms with Gasteiger partial charge in [0, 0.05) is 41.5 Å². The van der Waals surface area contributed by atoms with Gasteiger partial charge in [0.15, 0.2) is 0 Å². The number of nitrogens with zero attached hydrogens (tertiary/aromatic N) is 3. The molecule has 0 spiro atoms. The van der Waals surface area contributed by atoms with E-state index in [0.29, 0.717) is 27.6 Å². The second-order valence-electron chi connectivity index (χ2n) is 19.3. The Kier molecular flexibility index (Phi) is 15.7. The van der Waals surface area contributed by atoms with Crippen molar-refractivity contribution in [2.75, 3.05) is 26.4 Å². The average Bonchev–Trinajstić information content (AvgIpc) is 3.90. The number of aromatic nitrogens is 1. The SMILES string of the molecule is Cc1ncsc1-c1ccc([C@H](C)NC(=O)[C@@H]2C[C@@H](O)CN2C(=O)[C@@H](NC(=O)COCC#CCOc2ccc(C(=O)N[C@H]3C(C)(C)[C@H](Oc4ccc(C#N)c(Cl)c4)C3(C)C)cc2)C(C)(C)C)cc1. The Morgan fingerprint density at radius 2 is 1.63 bits per heavy atom. The molecule has 4 amide bonds. The summed E-state index contributed by atoms with van der Waals surface area (Å²) in [5.74, 6) is 5.09. The van der Waals surface area contributed by atoms with Gasteiger partial charge < -0.3 is 40.2 Å².